The largest absolute Gasteiger partial charge is 0.460 e. The van der Waals surface area contributed by atoms with Gasteiger partial charge in [0.1, 0.15) is 0 Å². The molecule has 0 rings (SSSR count). The van der Waals surface area contributed by atoms with Gasteiger partial charge < -0.3 is 0 Å². The van der Waals surface area contributed by atoms with Crippen molar-refractivity contribution >= 4 is 16.2 Å². The zero-order valence-corrected chi connectivity index (χ0v) is 11.1. The maximum atomic E-state index is 13.4. The average Bonchev–Trinajstić information content (AvgIpc) is 2.22. The minimum Gasteiger partial charge on any atom is -0.289 e. The number of ketones is 1. The van der Waals surface area contributed by atoms with Crippen LogP contribution in [0.5, 0.6) is 0 Å². The van der Waals surface area contributed by atoms with Crippen molar-refractivity contribution in [3.63, 3.8) is 0 Å². The molecule has 0 saturated carbocycles. The molecule has 0 aliphatic heterocycles. The van der Waals surface area contributed by atoms with Crippen LogP contribution in [0.2, 0.25) is 0 Å². The Morgan fingerprint density at radius 3 is 1.52 bits per heavy atom. The number of alkyl halides is 10. The molecule has 0 aliphatic rings. The molecule has 0 radical (unpaired) electrons. The summed E-state index contributed by atoms with van der Waals surface area (Å²) < 4.78 is 156. The van der Waals surface area contributed by atoms with E-state index >= 15 is 0 Å². The number of hydrogen-bond donors (Lipinski definition) is 1. The molecule has 16 heteroatoms. The van der Waals surface area contributed by atoms with Crippen LogP contribution < -0.4 is 0 Å². The predicted octanol–water partition coefficient (Wildman–Crippen LogP) is 2.53. The molecular weight excluding hydrogens is 386 g/mol. The lowest BCUT2D eigenvalue weighted by Gasteiger charge is -2.33. The van der Waals surface area contributed by atoms with Crippen LogP contribution in [0.3, 0.4) is 0 Å². The van der Waals surface area contributed by atoms with Gasteiger partial charge in [-0.25, -0.2) is 4.39 Å². The highest BCUT2D eigenvalue weighted by Crippen LogP contribution is 2.50. The maximum absolute atomic E-state index is 13.4. The molecule has 0 spiro atoms. The normalized spacial score (nSPS) is 17.7. The zero-order chi connectivity index (χ0) is 19.3. The Balaban J connectivity index is 6.01. The van der Waals surface area contributed by atoms with Crippen LogP contribution in [0, 0.1) is 0 Å². The number of carbonyl (C=O) groups is 1. The van der Waals surface area contributed by atoms with Gasteiger partial charge in [-0.1, -0.05) is 0 Å². The summed E-state index contributed by atoms with van der Waals surface area (Å²) in [6.45, 7) is -0.944. The van der Waals surface area contributed by atoms with E-state index in [1.807, 2.05) is 0 Å². The summed E-state index contributed by atoms with van der Waals surface area (Å²) in [5.41, 5.74) is -5.69. The van der Waals surface area contributed by atoms with Crippen molar-refractivity contribution in [1.29, 1.82) is 0 Å². The first kappa shape index (κ1) is 21.8. The van der Waals surface area contributed by atoms with Gasteiger partial charge >= 0.3 is 34.5 Å². The van der Waals surface area contributed by atoms with Crippen molar-refractivity contribution in [2.45, 2.75) is 36.7 Å². The van der Waals surface area contributed by atoms with Crippen molar-refractivity contribution in [2.24, 2.45) is 0 Å². The van der Waals surface area contributed by atoms with Gasteiger partial charge in [0.2, 0.25) is 0 Å². The fraction of sp³-hybridized carbons (Fsp3) is 0.857. The molecule has 0 aromatic heterocycles. The molecule has 0 aromatic carbocycles. The van der Waals surface area contributed by atoms with E-state index in [4.69, 9.17) is 4.55 Å². The second-order valence-electron chi connectivity index (χ2n) is 4.01. The number of rotatable bonds is 6. The molecule has 138 valence electrons. The molecule has 0 aliphatic carbocycles. The van der Waals surface area contributed by atoms with E-state index in [-0.39, 0.29) is 0 Å². The molecule has 1 N–H and O–H groups in total. The van der Waals surface area contributed by atoms with Gasteiger partial charge in [-0.05, 0) is 6.92 Å². The van der Waals surface area contributed by atoms with E-state index in [0.29, 0.717) is 0 Å². The van der Waals surface area contributed by atoms with Crippen LogP contribution in [-0.4, -0.2) is 48.6 Å². The van der Waals surface area contributed by atoms with E-state index in [2.05, 4.69) is 4.18 Å². The molecule has 23 heavy (non-hydrogen) atoms. The number of hydrogen-bond acceptors (Lipinski definition) is 4. The van der Waals surface area contributed by atoms with E-state index < -0.39 is 52.9 Å². The molecule has 0 saturated heterocycles. The van der Waals surface area contributed by atoms with Gasteiger partial charge in [0.25, 0.3) is 11.5 Å². The molecule has 0 amide bonds. The molecule has 5 nitrogen and oxygen atoms in total. The topological polar surface area (TPSA) is 80.7 Å². The third kappa shape index (κ3) is 3.85. The minimum atomic E-state index is -7.27. The van der Waals surface area contributed by atoms with Crippen molar-refractivity contribution in [3.05, 3.63) is 0 Å². The monoisotopic (exact) mass is 390 g/mol. The second-order valence-corrected chi connectivity index (χ2v) is 5.03. The van der Waals surface area contributed by atoms with Crippen LogP contribution in [0.15, 0.2) is 0 Å². The Labute approximate surface area is 120 Å². The Bertz CT molecular complexity index is 577. The Morgan fingerprint density at radius 1 is 0.913 bits per heavy atom. The molecule has 1 atom stereocenters. The number of carbonyl (C=O) groups excluding carboxylic acids is 1. The standard InChI is InChI=1S/C7H4F10O5S/c1-3(8,7(16,17)22-23(19,20)21)2(18)4(9,10)5(11,12)6(13,14)15/h1H3,(H,19,20,21). The van der Waals surface area contributed by atoms with Crippen LogP contribution in [0.1, 0.15) is 6.92 Å². The van der Waals surface area contributed by atoms with Crippen LogP contribution in [0.25, 0.3) is 0 Å². The van der Waals surface area contributed by atoms with Gasteiger partial charge in [0, 0.05) is 0 Å². The molecule has 0 heterocycles. The summed E-state index contributed by atoms with van der Waals surface area (Å²) in [6, 6.07) is 0. The van der Waals surface area contributed by atoms with Gasteiger partial charge in [-0.3, -0.25) is 9.35 Å². The minimum absolute atomic E-state index is 0.944. The van der Waals surface area contributed by atoms with Crippen LogP contribution >= 0.6 is 0 Å². The molecule has 0 fully saturated rings. The molecule has 1 unspecified atom stereocenters. The Kier molecular flexibility index (Phi) is 5.16. The SMILES string of the molecule is CC(F)(C(=O)C(F)(F)C(F)(F)C(F)(F)F)C(F)(F)OS(=O)(=O)O. The highest BCUT2D eigenvalue weighted by Gasteiger charge is 2.80. The highest BCUT2D eigenvalue weighted by molar-refractivity contribution is 7.80. The summed E-state index contributed by atoms with van der Waals surface area (Å²) in [5.74, 6) is -18.7. The highest BCUT2D eigenvalue weighted by atomic mass is 32.3. The van der Waals surface area contributed by atoms with E-state index in [9.17, 15) is 57.1 Å². The van der Waals surface area contributed by atoms with E-state index in [1.165, 1.54) is 0 Å². The summed E-state index contributed by atoms with van der Waals surface area (Å²) in [4.78, 5) is 10.8. The third-order valence-electron chi connectivity index (χ3n) is 2.22. The molecular formula is C7H4F10O5S. The first-order valence-electron chi connectivity index (χ1n) is 4.73. The Hall–Kier alpha value is -1.16. The molecule has 0 bridgehead atoms. The van der Waals surface area contributed by atoms with Gasteiger partial charge in [-0.15, -0.1) is 0 Å². The van der Waals surface area contributed by atoms with Crippen LogP contribution in [-0.2, 0) is 19.4 Å². The van der Waals surface area contributed by atoms with Gasteiger partial charge in [0.15, 0.2) is 0 Å². The Morgan fingerprint density at radius 2 is 1.26 bits per heavy atom. The lowest BCUT2D eigenvalue weighted by Crippen LogP contribution is -2.64. The van der Waals surface area contributed by atoms with Crippen molar-refractivity contribution in [1.82, 2.24) is 0 Å². The van der Waals surface area contributed by atoms with E-state index in [1.54, 1.807) is 0 Å². The van der Waals surface area contributed by atoms with Gasteiger partial charge in [0.05, 0.1) is 0 Å². The molecule has 0 aromatic rings. The lowest BCUT2D eigenvalue weighted by atomic mass is 9.92. The lowest BCUT2D eigenvalue weighted by molar-refractivity contribution is -0.349. The quantitative estimate of drug-likeness (QED) is 0.557. The van der Waals surface area contributed by atoms with Crippen LogP contribution in [0.4, 0.5) is 43.9 Å². The zero-order valence-electron chi connectivity index (χ0n) is 10.3. The number of halogens is 10. The summed E-state index contributed by atoms with van der Waals surface area (Å²) >= 11 is 0. The van der Waals surface area contributed by atoms with Crippen molar-refractivity contribution < 1.29 is 65.9 Å². The predicted molar refractivity (Wildman–Crippen MR) is 48.0 cm³/mol. The van der Waals surface area contributed by atoms with E-state index in [0.717, 1.165) is 0 Å². The first-order valence-corrected chi connectivity index (χ1v) is 6.10. The second kappa shape index (κ2) is 5.44. The van der Waals surface area contributed by atoms with Crippen molar-refractivity contribution in [3.8, 4) is 0 Å². The first-order chi connectivity index (χ1) is 9.61. The third-order valence-corrected chi connectivity index (χ3v) is 2.64. The summed E-state index contributed by atoms with van der Waals surface area (Å²) in [6.07, 6.45) is -13.4. The maximum Gasteiger partial charge on any atom is 0.460 e. The van der Waals surface area contributed by atoms with Crippen molar-refractivity contribution in [2.75, 3.05) is 0 Å². The summed E-state index contributed by atoms with van der Waals surface area (Å²) in [7, 11) is -6.30. The fourth-order valence-corrected chi connectivity index (χ4v) is 1.38. The summed E-state index contributed by atoms with van der Waals surface area (Å²) in [5, 5.41) is 0. The average molecular weight is 390 g/mol. The fourth-order valence-electron chi connectivity index (χ4n) is 0.958. The number of Topliss-reactive ketones (excluding diaryl/α,β-unsaturated/α-hetero) is 1. The van der Waals surface area contributed by atoms with Gasteiger partial charge in [-0.2, -0.15) is 52.1 Å². The smallest absolute Gasteiger partial charge is 0.289 e.